The molecule has 0 radical (unpaired) electrons. The number of carbonyl (C=O) groups is 2. The fourth-order valence-electron chi connectivity index (χ4n) is 3.52. The lowest BCUT2D eigenvalue weighted by Crippen LogP contribution is -2.34. The van der Waals surface area contributed by atoms with Crippen molar-refractivity contribution in [1.82, 2.24) is 20.1 Å². The van der Waals surface area contributed by atoms with E-state index in [2.05, 4.69) is 27.4 Å². The van der Waals surface area contributed by atoms with Crippen LogP contribution in [-0.4, -0.2) is 32.3 Å². The quantitative estimate of drug-likeness (QED) is 0.303. The van der Waals surface area contributed by atoms with Crippen LogP contribution >= 0.6 is 11.8 Å². The molecule has 1 heterocycles. The number of benzene rings is 2. The fourth-order valence-corrected chi connectivity index (χ4v) is 4.28. The molecule has 35 heavy (non-hydrogen) atoms. The van der Waals surface area contributed by atoms with Gasteiger partial charge in [-0.1, -0.05) is 55.4 Å². The van der Waals surface area contributed by atoms with Crippen LogP contribution in [0.5, 0.6) is 0 Å². The Morgan fingerprint density at radius 1 is 1.17 bits per heavy atom. The fraction of sp³-hybridized carbons (Fsp3) is 0.308. The molecule has 0 aliphatic heterocycles. The maximum Gasteiger partial charge on any atom is 0.251 e. The van der Waals surface area contributed by atoms with Crippen LogP contribution in [-0.2, 0) is 11.3 Å². The molecule has 2 amide bonds. The first kappa shape index (κ1) is 26.2. The van der Waals surface area contributed by atoms with Crippen molar-refractivity contribution < 1.29 is 14.0 Å². The summed E-state index contributed by atoms with van der Waals surface area (Å²) in [5, 5.41) is 15.0. The first-order valence-corrected chi connectivity index (χ1v) is 12.3. The van der Waals surface area contributed by atoms with E-state index >= 15 is 0 Å². The number of halogens is 1. The Hall–Kier alpha value is -3.46. The number of anilines is 1. The van der Waals surface area contributed by atoms with E-state index in [0.717, 1.165) is 11.1 Å². The normalized spacial score (nSPS) is 11.8. The molecule has 0 aliphatic rings. The Morgan fingerprint density at radius 3 is 2.63 bits per heavy atom. The van der Waals surface area contributed by atoms with Gasteiger partial charge in [0, 0.05) is 17.8 Å². The zero-order valence-corrected chi connectivity index (χ0v) is 21.2. The number of nitrogens with one attached hydrogen (secondary N) is 2. The van der Waals surface area contributed by atoms with Crippen molar-refractivity contribution in [1.29, 1.82) is 0 Å². The number of aryl methyl sites for hydroxylation is 2. The first-order valence-electron chi connectivity index (χ1n) is 11.3. The molecule has 0 fully saturated rings. The number of hydrogen-bond acceptors (Lipinski definition) is 5. The molecule has 2 aromatic carbocycles. The van der Waals surface area contributed by atoms with E-state index < -0.39 is 11.9 Å². The predicted octanol–water partition coefficient (Wildman–Crippen LogP) is 5.08. The molecule has 1 atom stereocenters. The van der Waals surface area contributed by atoms with Crippen LogP contribution < -0.4 is 10.6 Å². The standard InChI is InChI=1S/C26H30FN5O2S/c1-6-12-32-24(23(16(2)3)29-25(34)19-9-7-8-17(4)13-19)30-31-26(32)35-15-22(33)28-21-14-20(27)11-10-18(21)5/h6-11,13-14,16,23H,1,12,15H2,2-5H3,(H,28,33)(H,29,34)/t23-/m1/s1. The Bertz CT molecular complexity index is 1220. The van der Waals surface area contributed by atoms with Crippen molar-refractivity contribution >= 4 is 29.3 Å². The molecule has 0 saturated carbocycles. The van der Waals surface area contributed by atoms with Gasteiger partial charge in [0.15, 0.2) is 11.0 Å². The zero-order valence-electron chi connectivity index (χ0n) is 20.3. The van der Waals surface area contributed by atoms with Gasteiger partial charge in [-0.05, 0) is 49.6 Å². The number of aromatic nitrogens is 3. The Morgan fingerprint density at radius 2 is 1.94 bits per heavy atom. The van der Waals surface area contributed by atoms with Gasteiger partial charge >= 0.3 is 0 Å². The summed E-state index contributed by atoms with van der Waals surface area (Å²) in [4.78, 5) is 25.4. The number of amides is 2. The molecule has 0 bridgehead atoms. The summed E-state index contributed by atoms with van der Waals surface area (Å²) in [6, 6.07) is 11.3. The lowest BCUT2D eigenvalue weighted by Gasteiger charge is -2.22. The van der Waals surface area contributed by atoms with Gasteiger partial charge in [-0.3, -0.25) is 9.59 Å². The van der Waals surface area contributed by atoms with E-state index in [9.17, 15) is 14.0 Å². The molecule has 3 aromatic rings. The van der Waals surface area contributed by atoms with Crippen LogP contribution in [0.15, 0.2) is 60.3 Å². The lowest BCUT2D eigenvalue weighted by molar-refractivity contribution is -0.113. The first-order chi connectivity index (χ1) is 16.7. The minimum atomic E-state index is -0.415. The summed E-state index contributed by atoms with van der Waals surface area (Å²) in [6.45, 7) is 12.0. The van der Waals surface area contributed by atoms with E-state index in [1.54, 1.807) is 25.1 Å². The van der Waals surface area contributed by atoms with Crippen molar-refractivity contribution in [2.75, 3.05) is 11.1 Å². The molecule has 7 nitrogen and oxygen atoms in total. The lowest BCUT2D eigenvalue weighted by atomic mass is 10.0. The van der Waals surface area contributed by atoms with E-state index in [1.807, 2.05) is 43.5 Å². The predicted molar refractivity (Wildman–Crippen MR) is 137 cm³/mol. The molecule has 0 spiro atoms. The molecule has 0 saturated heterocycles. The maximum atomic E-state index is 13.5. The topological polar surface area (TPSA) is 88.9 Å². The highest BCUT2D eigenvalue weighted by atomic mass is 32.2. The maximum absolute atomic E-state index is 13.5. The number of nitrogens with zero attached hydrogens (tertiary/aromatic N) is 3. The Labute approximate surface area is 209 Å². The summed E-state index contributed by atoms with van der Waals surface area (Å²) in [5.41, 5.74) is 2.77. The van der Waals surface area contributed by atoms with Gasteiger partial charge in [-0.2, -0.15) is 0 Å². The van der Waals surface area contributed by atoms with Gasteiger partial charge in [0.05, 0.1) is 11.8 Å². The third kappa shape index (κ3) is 6.79. The highest BCUT2D eigenvalue weighted by molar-refractivity contribution is 7.99. The van der Waals surface area contributed by atoms with Crippen LogP contribution in [0.3, 0.4) is 0 Å². The van der Waals surface area contributed by atoms with E-state index in [1.165, 1.54) is 23.9 Å². The second kappa shape index (κ2) is 11.8. The van der Waals surface area contributed by atoms with E-state index in [0.29, 0.717) is 28.8 Å². The number of allylic oxidation sites excluding steroid dienone is 1. The Balaban J connectivity index is 1.76. The zero-order chi connectivity index (χ0) is 25.5. The SMILES string of the molecule is C=CCn1c(SCC(=O)Nc2cc(F)ccc2C)nnc1[C@H](NC(=O)c1cccc(C)c1)C(C)C. The largest absolute Gasteiger partial charge is 0.342 e. The van der Waals surface area contributed by atoms with Gasteiger partial charge in [0.2, 0.25) is 5.91 Å². The van der Waals surface area contributed by atoms with Crippen molar-refractivity contribution in [3.05, 3.63) is 83.5 Å². The van der Waals surface area contributed by atoms with Gasteiger partial charge < -0.3 is 15.2 Å². The molecular weight excluding hydrogens is 465 g/mol. The van der Waals surface area contributed by atoms with Gasteiger partial charge in [0.1, 0.15) is 5.82 Å². The van der Waals surface area contributed by atoms with Crippen LogP contribution in [0.4, 0.5) is 10.1 Å². The van der Waals surface area contributed by atoms with Crippen LogP contribution in [0.1, 0.15) is 47.2 Å². The summed E-state index contributed by atoms with van der Waals surface area (Å²) in [7, 11) is 0. The number of carbonyl (C=O) groups excluding carboxylic acids is 2. The number of rotatable bonds is 10. The summed E-state index contributed by atoms with van der Waals surface area (Å²) in [5.74, 6) is -0.210. The Kier molecular flexibility index (Phi) is 8.81. The van der Waals surface area contributed by atoms with Crippen molar-refractivity contribution in [3.63, 3.8) is 0 Å². The third-order valence-electron chi connectivity index (χ3n) is 5.37. The average molecular weight is 496 g/mol. The van der Waals surface area contributed by atoms with E-state index in [4.69, 9.17) is 0 Å². The molecule has 184 valence electrons. The molecule has 3 rings (SSSR count). The second-order valence-corrected chi connectivity index (χ2v) is 9.54. The molecule has 9 heteroatoms. The van der Waals surface area contributed by atoms with Gasteiger partial charge in [-0.15, -0.1) is 16.8 Å². The van der Waals surface area contributed by atoms with Crippen LogP contribution in [0.2, 0.25) is 0 Å². The molecular formula is C26H30FN5O2S. The highest BCUT2D eigenvalue weighted by Crippen LogP contribution is 2.26. The van der Waals surface area contributed by atoms with Crippen molar-refractivity contribution in [2.45, 2.75) is 45.4 Å². The second-order valence-electron chi connectivity index (χ2n) is 8.60. The smallest absolute Gasteiger partial charge is 0.251 e. The van der Waals surface area contributed by atoms with Gasteiger partial charge in [-0.25, -0.2) is 4.39 Å². The van der Waals surface area contributed by atoms with Crippen LogP contribution in [0, 0.1) is 25.6 Å². The van der Waals surface area contributed by atoms with Gasteiger partial charge in [0.25, 0.3) is 5.91 Å². The third-order valence-corrected chi connectivity index (χ3v) is 6.34. The summed E-state index contributed by atoms with van der Waals surface area (Å²) >= 11 is 1.21. The molecule has 1 aromatic heterocycles. The monoisotopic (exact) mass is 495 g/mol. The highest BCUT2D eigenvalue weighted by Gasteiger charge is 2.26. The molecule has 0 unspecified atom stereocenters. The average Bonchev–Trinajstić information content (AvgIpc) is 3.20. The van der Waals surface area contributed by atoms with E-state index in [-0.39, 0.29) is 23.5 Å². The van der Waals surface area contributed by atoms with Crippen LogP contribution in [0.25, 0.3) is 0 Å². The molecule has 0 aliphatic carbocycles. The minimum Gasteiger partial charge on any atom is -0.342 e. The summed E-state index contributed by atoms with van der Waals surface area (Å²) < 4.78 is 15.4. The number of thioether (sulfide) groups is 1. The van der Waals surface area contributed by atoms with Crippen molar-refractivity contribution in [3.8, 4) is 0 Å². The molecule has 2 N–H and O–H groups in total. The number of hydrogen-bond donors (Lipinski definition) is 2. The minimum absolute atomic E-state index is 0.0358. The summed E-state index contributed by atoms with van der Waals surface area (Å²) in [6.07, 6.45) is 1.72. The van der Waals surface area contributed by atoms with Crippen molar-refractivity contribution in [2.24, 2.45) is 5.92 Å².